The number of benzene rings is 2. The van der Waals surface area contributed by atoms with Crippen molar-refractivity contribution >= 4 is 46.2 Å². The van der Waals surface area contributed by atoms with Gasteiger partial charge in [-0.05, 0) is 47.7 Å². The molecule has 0 saturated carbocycles. The number of rotatable bonds is 4. The lowest BCUT2D eigenvalue weighted by molar-refractivity contribution is -0.115. The van der Waals surface area contributed by atoms with E-state index in [0.29, 0.717) is 26.3 Å². The first-order valence-corrected chi connectivity index (χ1v) is 8.70. The maximum Gasteiger partial charge on any atom is 0.264 e. The van der Waals surface area contributed by atoms with Crippen LogP contribution in [0.15, 0.2) is 46.3 Å². The molecule has 1 amide bonds. The lowest BCUT2D eigenvalue weighted by Gasteiger charge is -2.09. The molecule has 134 valence electrons. The van der Waals surface area contributed by atoms with E-state index in [-0.39, 0.29) is 23.2 Å². The standard InChI is InChI=1S/C18H15ClN2O4S/c1-24-13-7-10(8-14(25-2)16(13)22)9-15-17(23)21-18(26-15)20-12-6-4-3-5-11(12)19/h3-9,22H,1-2H3,(H,20,21,23)/b15-9+. The molecule has 0 bridgehead atoms. The maximum atomic E-state index is 12.2. The van der Waals surface area contributed by atoms with Crippen LogP contribution in [0.3, 0.4) is 0 Å². The fourth-order valence-electron chi connectivity index (χ4n) is 2.28. The Kier molecular flexibility index (Phi) is 5.39. The molecule has 0 radical (unpaired) electrons. The quantitative estimate of drug-likeness (QED) is 0.772. The fourth-order valence-corrected chi connectivity index (χ4v) is 3.29. The van der Waals surface area contributed by atoms with Crippen LogP contribution in [0.1, 0.15) is 5.56 Å². The average Bonchev–Trinajstić information content (AvgIpc) is 2.97. The molecule has 2 aromatic carbocycles. The molecule has 2 aromatic rings. The number of aromatic hydroxyl groups is 1. The molecule has 2 N–H and O–H groups in total. The van der Waals surface area contributed by atoms with E-state index in [1.165, 1.54) is 26.0 Å². The zero-order chi connectivity index (χ0) is 18.7. The first-order chi connectivity index (χ1) is 12.5. The third-order valence-electron chi connectivity index (χ3n) is 3.53. The lowest BCUT2D eigenvalue weighted by atomic mass is 10.1. The van der Waals surface area contributed by atoms with E-state index in [1.54, 1.807) is 30.3 Å². The van der Waals surface area contributed by atoms with E-state index in [0.717, 1.165) is 0 Å². The highest BCUT2D eigenvalue weighted by Gasteiger charge is 2.24. The van der Waals surface area contributed by atoms with Crippen LogP contribution in [0.25, 0.3) is 6.08 Å². The molecule has 0 aliphatic carbocycles. The second-order valence-corrected chi connectivity index (χ2v) is 6.65. The highest BCUT2D eigenvalue weighted by Crippen LogP contribution is 2.38. The molecule has 0 spiro atoms. The predicted molar refractivity (Wildman–Crippen MR) is 103 cm³/mol. The number of amidine groups is 1. The van der Waals surface area contributed by atoms with Gasteiger partial charge in [-0.15, -0.1) is 0 Å². The number of phenolic OH excluding ortho intramolecular Hbond substituents is 1. The zero-order valence-corrected chi connectivity index (χ0v) is 15.5. The minimum absolute atomic E-state index is 0.0957. The molecule has 26 heavy (non-hydrogen) atoms. The molecular weight excluding hydrogens is 376 g/mol. The van der Waals surface area contributed by atoms with E-state index < -0.39 is 0 Å². The maximum absolute atomic E-state index is 12.2. The molecule has 0 unspecified atom stereocenters. The molecule has 0 aromatic heterocycles. The molecule has 1 aliphatic heterocycles. The van der Waals surface area contributed by atoms with Crippen LogP contribution >= 0.6 is 23.4 Å². The Balaban J connectivity index is 1.91. The Hall–Kier alpha value is -2.64. The van der Waals surface area contributed by atoms with Crippen LogP contribution in [-0.4, -0.2) is 30.4 Å². The van der Waals surface area contributed by atoms with E-state index in [9.17, 15) is 9.90 Å². The normalized spacial score (nSPS) is 16.8. The third kappa shape index (κ3) is 3.79. The van der Waals surface area contributed by atoms with Gasteiger partial charge in [0.25, 0.3) is 5.91 Å². The topological polar surface area (TPSA) is 80.2 Å². The number of hydrogen-bond donors (Lipinski definition) is 2. The summed E-state index contributed by atoms with van der Waals surface area (Å²) in [5.41, 5.74) is 1.22. The molecule has 1 aliphatic rings. The number of phenols is 1. The van der Waals surface area contributed by atoms with E-state index in [1.807, 2.05) is 12.1 Å². The summed E-state index contributed by atoms with van der Waals surface area (Å²) in [6, 6.07) is 10.3. The lowest BCUT2D eigenvalue weighted by Crippen LogP contribution is -2.19. The smallest absolute Gasteiger partial charge is 0.264 e. The van der Waals surface area contributed by atoms with Gasteiger partial charge in [-0.25, -0.2) is 4.99 Å². The highest BCUT2D eigenvalue weighted by molar-refractivity contribution is 8.18. The van der Waals surface area contributed by atoms with Crippen LogP contribution in [0, 0.1) is 0 Å². The summed E-state index contributed by atoms with van der Waals surface area (Å²) in [6.45, 7) is 0. The van der Waals surface area contributed by atoms with Gasteiger partial charge in [0.1, 0.15) is 0 Å². The predicted octanol–water partition coefficient (Wildman–Crippen LogP) is 3.95. The molecule has 8 heteroatoms. The van der Waals surface area contributed by atoms with Gasteiger partial charge in [-0.3, -0.25) is 4.79 Å². The number of para-hydroxylation sites is 1. The second-order valence-electron chi connectivity index (χ2n) is 5.21. The molecule has 1 saturated heterocycles. The summed E-state index contributed by atoms with van der Waals surface area (Å²) in [5.74, 6) is 0.141. The fraction of sp³-hybridized carbons (Fsp3) is 0.111. The molecule has 0 atom stereocenters. The number of carbonyl (C=O) groups excluding carboxylic acids is 1. The average molecular weight is 391 g/mol. The van der Waals surface area contributed by atoms with E-state index >= 15 is 0 Å². The zero-order valence-electron chi connectivity index (χ0n) is 13.9. The van der Waals surface area contributed by atoms with Crippen molar-refractivity contribution in [1.29, 1.82) is 0 Å². The largest absolute Gasteiger partial charge is 0.502 e. The van der Waals surface area contributed by atoms with Gasteiger partial charge in [-0.1, -0.05) is 23.7 Å². The van der Waals surface area contributed by atoms with Crippen LogP contribution < -0.4 is 14.8 Å². The summed E-state index contributed by atoms with van der Waals surface area (Å²) in [6.07, 6.45) is 1.67. The van der Waals surface area contributed by atoms with Crippen molar-refractivity contribution in [2.75, 3.05) is 14.2 Å². The second kappa shape index (κ2) is 7.72. The summed E-state index contributed by atoms with van der Waals surface area (Å²) in [5, 5.41) is 13.6. The SMILES string of the molecule is COc1cc(/C=C2/SC(=Nc3ccccc3Cl)NC2=O)cc(OC)c1O. The Labute approximate surface area is 159 Å². The number of nitrogens with zero attached hydrogens (tertiary/aromatic N) is 1. The molecule has 1 fully saturated rings. The van der Waals surface area contributed by atoms with Crippen LogP contribution in [0.4, 0.5) is 5.69 Å². The van der Waals surface area contributed by atoms with Crippen molar-refractivity contribution in [3.63, 3.8) is 0 Å². The van der Waals surface area contributed by atoms with Gasteiger partial charge in [0.2, 0.25) is 5.75 Å². The van der Waals surface area contributed by atoms with Crippen LogP contribution in [-0.2, 0) is 4.79 Å². The summed E-state index contributed by atoms with van der Waals surface area (Å²) < 4.78 is 10.3. The number of amides is 1. The number of ether oxygens (including phenoxy) is 2. The van der Waals surface area contributed by atoms with Crippen molar-refractivity contribution in [2.45, 2.75) is 0 Å². The van der Waals surface area contributed by atoms with E-state index in [4.69, 9.17) is 21.1 Å². The van der Waals surface area contributed by atoms with Crippen molar-refractivity contribution in [2.24, 2.45) is 4.99 Å². The first kappa shape index (κ1) is 18.2. The number of methoxy groups -OCH3 is 2. The number of hydrogen-bond acceptors (Lipinski definition) is 6. The van der Waals surface area contributed by atoms with Crippen molar-refractivity contribution in [1.82, 2.24) is 5.32 Å². The van der Waals surface area contributed by atoms with Gasteiger partial charge in [0.05, 0.1) is 29.8 Å². The number of thioether (sulfide) groups is 1. The van der Waals surface area contributed by atoms with Gasteiger partial charge in [0.15, 0.2) is 16.7 Å². The van der Waals surface area contributed by atoms with Crippen molar-refractivity contribution in [3.8, 4) is 17.2 Å². The Bertz CT molecular complexity index is 902. The molecule has 3 rings (SSSR count). The molecule has 6 nitrogen and oxygen atoms in total. The summed E-state index contributed by atoms with van der Waals surface area (Å²) in [7, 11) is 2.88. The Morgan fingerprint density at radius 2 is 1.85 bits per heavy atom. The molecular formula is C18H15ClN2O4S. The number of halogens is 1. The monoisotopic (exact) mass is 390 g/mol. The highest BCUT2D eigenvalue weighted by atomic mass is 35.5. The number of aliphatic imine (C=N–C) groups is 1. The van der Waals surface area contributed by atoms with Crippen LogP contribution in [0.2, 0.25) is 5.02 Å². The Morgan fingerprint density at radius 1 is 1.19 bits per heavy atom. The minimum Gasteiger partial charge on any atom is -0.502 e. The van der Waals surface area contributed by atoms with Crippen molar-refractivity contribution < 1.29 is 19.4 Å². The van der Waals surface area contributed by atoms with Gasteiger partial charge in [0, 0.05) is 0 Å². The Morgan fingerprint density at radius 3 is 2.46 bits per heavy atom. The van der Waals surface area contributed by atoms with Gasteiger partial charge >= 0.3 is 0 Å². The third-order valence-corrected chi connectivity index (χ3v) is 4.75. The molecule has 1 heterocycles. The van der Waals surface area contributed by atoms with Crippen molar-refractivity contribution in [3.05, 3.63) is 51.9 Å². The van der Waals surface area contributed by atoms with Crippen LogP contribution in [0.5, 0.6) is 17.2 Å². The van der Waals surface area contributed by atoms with E-state index in [2.05, 4.69) is 10.3 Å². The minimum atomic E-state index is -0.271. The summed E-state index contributed by atoms with van der Waals surface area (Å²) >= 11 is 7.29. The summed E-state index contributed by atoms with van der Waals surface area (Å²) in [4.78, 5) is 17.0. The van der Waals surface area contributed by atoms with Gasteiger partial charge < -0.3 is 19.9 Å². The first-order valence-electron chi connectivity index (χ1n) is 7.51. The number of carbonyl (C=O) groups is 1. The number of nitrogens with one attached hydrogen (secondary N) is 1. The van der Waals surface area contributed by atoms with Gasteiger partial charge in [-0.2, -0.15) is 0 Å².